The van der Waals surface area contributed by atoms with Crippen molar-refractivity contribution in [2.45, 2.75) is 26.3 Å². The third kappa shape index (κ3) is 1.91. The van der Waals surface area contributed by atoms with Crippen LogP contribution in [0.2, 0.25) is 5.02 Å². The van der Waals surface area contributed by atoms with Crippen LogP contribution in [-0.4, -0.2) is 14.1 Å². The van der Waals surface area contributed by atoms with Gasteiger partial charge in [0.1, 0.15) is 0 Å². The van der Waals surface area contributed by atoms with Crippen LogP contribution in [0.15, 0.2) is 29.3 Å². The van der Waals surface area contributed by atoms with Gasteiger partial charge in [-0.25, -0.2) is 4.98 Å². The number of rotatable bonds is 3. The predicted octanol–water partition coefficient (Wildman–Crippen LogP) is 3.34. The minimum Gasteiger partial charge on any atom is -0.333 e. The molecule has 2 aromatic heterocycles. The molecule has 4 nitrogen and oxygen atoms in total. The van der Waals surface area contributed by atoms with Crippen molar-refractivity contribution in [2.24, 2.45) is 7.05 Å². The molecule has 20 heavy (non-hydrogen) atoms. The summed E-state index contributed by atoms with van der Waals surface area (Å²) in [5, 5.41) is 1.64. The largest absolute Gasteiger partial charge is 0.333 e. The van der Waals surface area contributed by atoms with Crippen LogP contribution in [0.5, 0.6) is 0 Å². The summed E-state index contributed by atoms with van der Waals surface area (Å²) in [6.45, 7) is 2.82. The van der Waals surface area contributed by atoms with Crippen molar-refractivity contribution >= 4 is 33.5 Å². The molecule has 3 aromatic rings. The second-order valence-electron chi connectivity index (χ2n) is 5.02. The second-order valence-corrected chi connectivity index (χ2v) is 5.46. The number of halogens is 1. The number of pyridine rings is 1. The van der Waals surface area contributed by atoms with Crippen LogP contribution in [0.25, 0.3) is 21.9 Å². The first-order valence-electron chi connectivity index (χ1n) is 6.76. The molecule has 104 valence electrons. The van der Waals surface area contributed by atoms with Crippen LogP contribution in [0.3, 0.4) is 0 Å². The van der Waals surface area contributed by atoms with Gasteiger partial charge in [0, 0.05) is 24.0 Å². The lowest BCUT2D eigenvalue weighted by Gasteiger charge is -2.11. The van der Waals surface area contributed by atoms with E-state index >= 15 is 0 Å². The van der Waals surface area contributed by atoms with E-state index in [0.29, 0.717) is 17.1 Å². The molecule has 0 aliphatic heterocycles. The van der Waals surface area contributed by atoms with Gasteiger partial charge in [-0.1, -0.05) is 24.9 Å². The van der Waals surface area contributed by atoms with Crippen LogP contribution in [-0.2, 0) is 13.6 Å². The second kappa shape index (κ2) is 4.94. The molecular formula is C15H16ClN3O. The Kier molecular flexibility index (Phi) is 3.26. The lowest BCUT2D eigenvalue weighted by Crippen LogP contribution is -2.21. The first-order chi connectivity index (χ1) is 9.63. The molecule has 0 aliphatic carbocycles. The average molecular weight is 290 g/mol. The molecule has 0 bridgehead atoms. The van der Waals surface area contributed by atoms with E-state index in [1.54, 1.807) is 6.33 Å². The Hall–Kier alpha value is -1.81. The van der Waals surface area contributed by atoms with Gasteiger partial charge >= 0.3 is 0 Å². The minimum atomic E-state index is -0.0242. The normalized spacial score (nSPS) is 11.6. The zero-order valence-electron chi connectivity index (χ0n) is 11.6. The first kappa shape index (κ1) is 13.2. The average Bonchev–Trinajstić information content (AvgIpc) is 2.82. The molecule has 0 atom stereocenters. The highest BCUT2D eigenvalue weighted by molar-refractivity contribution is 6.31. The maximum atomic E-state index is 12.6. The lowest BCUT2D eigenvalue weighted by molar-refractivity contribution is 0.634. The van der Waals surface area contributed by atoms with E-state index in [2.05, 4.69) is 11.9 Å². The fourth-order valence-corrected chi connectivity index (χ4v) is 2.79. The van der Waals surface area contributed by atoms with Gasteiger partial charge in [-0.3, -0.25) is 4.79 Å². The highest BCUT2D eigenvalue weighted by Gasteiger charge is 2.14. The smallest absolute Gasteiger partial charge is 0.279 e. The number of fused-ring (bicyclic) bond motifs is 3. The Labute approximate surface area is 121 Å². The summed E-state index contributed by atoms with van der Waals surface area (Å²) >= 11 is 6.12. The summed E-state index contributed by atoms with van der Waals surface area (Å²) < 4.78 is 3.68. The number of imidazole rings is 1. The highest BCUT2D eigenvalue weighted by atomic mass is 35.5. The number of aryl methyl sites for hydroxylation is 2. The van der Waals surface area contributed by atoms with E-state index in [0.717, 1.165) is 29.3 Å². The maximum absolute atomic E-state index is 12.6. The molecule has 5 heteroatoms. The van der Waals surface area contributed by atoms with Crippen molar-refractivity contribution in [2.75, 3.05) is 0 Å². The molecule has 0 saturated heterocycles. The third-order valence-corrected chi connectivity index (χ3v) is 3.86. The standard InChI is InChI=1S/C15H16ClN3O/c1-3-4-7-19-12-6-5-10(16)8-11(12)14-13(15(19)20)17-9-18(14)2/h5-6,8-9H,3-4,7H2,1-2H3. The molecule has 0 N–H and O–H groups in total. The molecule has 0 spiro atoms. The molecule has 3 rings (SSSR count). The number of aromatic nitrogens is 3. The molecule has 2 heterocycles. The Bertz CT molecular complexity index is 848. The molecule has 0 unspecified atom stereocenters. The first-order valence-corrected chi connectivity index (χ1v) is 7.14. The Morgan fingerprint density at radius 3 is 2.90 bits per heavy atom. The highest BCUT2D eigenvalue weighted by Crippen LogP contribution is 2.25. The number of hydrogen-bond donors (Lipinski definition) is 0. The van der Waals surface area contributed by atoms with Crippen LogP contribution in [0, 0.1) is 0 Å². The SMILES string of the molecule is CCCCn1c(=O)c2ncn(C)c2c2cc(Cl)ccc21. The summed E-state index contributed by atoms with van der Waals surface area (Å²) in [6.07, 6.45) is 3.69. The molecule has 0 amide bonds. The number of unbranched alkanes of at least 4 members (excludes halogenated alkanes) is 1. The van der Waals surface area contributed by atoms with Crippen molar-refractivity contribution in [3.8, 4) is 0 Å². The van der Waals surface area contributed by atoms with Gasteiger partial charge in [0.2, 0.25) is 0 Å². The molecule has 0 saturated carbocycles. The monoisotopic (exact) mass is 289 g/mol. The van der Waals surface area contributed by atoms with Gasteiger partial charge in [-0.2, -0.15) is 0 Å². The molecule has 1 aromatic carbocycles. The van der Waals surface area contributed by atoms with Crippen LogP contribution in [0.4, 0.5) is 0 Å². The quantitative estimate of drug-likeness (QED) is 0.742. The number of nitrogens with zero attached hydrogens (tertiary/aromatic N) is 3. The van der Waals surface area contributed by atoms with Crippen LogP contribution in [0.1, 0.15) is 19.8 Å². The summed E-state index contributed by atoms with van der Waals surface area (Å²) in [5.41, 5.74) is 2.26. The lowest BCUT2D eigenvalue weighted by atomic mass is 10.1. The molecular weight excluding hydrogens is 274 g/mol. The van der Waals surface area contributed by atoms with Crippen molar-refractivity contribution in [3.05, 3.63) is 39.9 Å². The van der Waals surface area contributed by atoms with Crippen molar-refractivity contribution in [1.82, 2.24) is 14.1 Å². The van der Waals surface area contributed by atoms with Crippen LogP contribution < -0.4 is 5.56 Å². The van der Waals surface area contributed by atoms with Crippen molar-refractivity contribution < 1.29 is 0 Å². The summed E-state index contributed by atoms with van der Waals surface area (Å²) in [7, 11) is 1.89. The Balaban J connectivity index is 2.47. The van der Waals surface area contributed by atoms with Gasteiger partial charge in [0.15, 0.2) is 5.52 Å². The summed E-state index contributed by atoms with van der Waals surface area (Å²) in [6, 6.07) is 5.65. The predicted molar refractivity (Wildman–Crippen MR) is 82.4 cm³/mol. The molecule has 0 fully saturated rings. The Morgan fingerprint density at radius 1 is 1.35 bits per heavy atom. The van der Waals surface area contributed by atoms with Gasteiger partial charge < -0.3 is 9.13 Å². The van der Waals surface area contributed by atoms with Gasteiger partial charge in [0.25, 0.3) is 5.56 Å². The Morgan fingerprint density at radius 2 is 2.15 bits per heavy atom. The van der Waals surface area contributed by atoms with E-state index in [1.807, 2.05) is 34.4 Å². The van der Waals surface area contributed by atoms with E-state index in [4.69, 9.17) is 11.6 Å². The summed E-state index contributed by atoms with van der Waals surface area (Å²) in [5.74, 6) is 0. The van der Waals surface area contributed by atoms with Gasteiger partial charge in [0.05, 0.1) is 17.4 Å². The molecule has 0 aliphatic rings. The number of hydrogen-bond acceptors (Lipinski definition) is 2. The van der Waals surface area contributed by atoms with Crippen LogP contribution >= 0.6 is 11.6 Å². The zero-order chi connectivity index (χ0) is 14.3. The zero-order valence-corrected chi connectivity index (χ0v) is 12.3. The minimum absolute atomic E-state index is 0.0242. The van der Waals surface area contributed by atoms with E-state index < -0.39 is 0 Å². The van der Waals surface area contributed by atoms with Gasteiger partial charge in [-0.05, 0) is 24.6 Å². The fourth-order valence-electron chi connectivity index (χ4n) is 2.61. The maximum Gasteiger partial charge on any atom is 0.279 e. The topological polar surface area (TPSA) is 39.8 Å². The summed E-state index contributed by atoms with van der Waals surface area (Å²) in [4.78, 5) is 16.9. The van der Waals surface area contributed by atoms with Crippen molar-refractivity contribution in [3.63, 3.8) is 0 Å². The van der Waals surface area contributed by atoms with Gasteiger partial charge in [-0.15, -0.1) is 0 Å². The van der Waals surface area contributed by atoms with E-state index in [-0.39, 0.29) is 5.56 Å². The molecule has 0 radical (unpaired) electrons. The van der Waals surface area contributed by atoms with Crippen molar-refractivity contribution in [1.29, 1.82) is 0 Å². The number of benzene rings is 1. The van der Waals surface area contributed by atoms with E-state index in [9.17, 15) is 4.79 Å². The van der Waals surface area contributed by atoms with E-state index in [1.165, 1.54) is 0 Å². The fraction of sp³-hybridized carbons (Fsp3) is 0.333. The third-order valence-electron chi connectivity index (χ3n) is 3.62.